The summed E-state index contributed by atoms with van der Waals surface area (Å²) in [6.45, 7) is 0. The summed E-state index contributed by atoms with van der Waals surface area (Å²) < 4.78 is 0. The maximum absolute atomic E-state index is 6.31. The van der Waals surface area contributed by atoms with Gasteiger partial charge in [-0.3, -0.25) is 0 Å². The van der Waals surface area contributed by atoms with Gasteiger partial charge in [-0.1, -0.05) is 51.4 Å². The van der Waals surface area contributed by atoms with E-state index in [0.717, 1.165) is 11.8 Å². The Bertz CT molecular complexity index is 161. The van der Waals surface area contributed by atoms with E-state index in [1.165, 1.54) is 64.2 Å². The van der Waals surface area contributed by atoms with E-state index in [1.54, 1.807) is 0 Å². The van der Waals surface area contributed by atoms with Gasteiger partial charge >= 0.3 is 0 Å². The summed E-state index contributed by atoms with van der Waals surface area (Å²) in [5, 5.41) is 0. The van der Waals surface area contributed by atoms with Crippen LogP contribution in [-0.4, -0.2) is 6.04 Å². The van der Waals surface area contributed by atoms with Crippen LogP contribution in [0, 0.1) is 11.8 Å². The fourth-order valence-corrected chi connectivity index (χ4v) is 3.51. The Labute approximate surface area is 88.4 Å². The lowest BCUT2D eigenvalue weighted by Crippen LogP contribution is -2.35. The summed E-state index contributed by atoms with van der Waals surface area (Å²) in [6, 6.07) is 0.528. The van der Waals surface area contributed by atoms with Crippen molar-refractivity contribution in [1.29, 1.82) is 0 Å². The fourth-order valence-electron chi connectivity index (χ4n) is 3.51. The molecule has 2 unspecified atom stereocenters. The Morgan fingerprint density at radius 3 is 1.93 bits per heavy atom. The van der Waals surface area contributed by atoms with E-state index in [1.807, 2.05) is 0 Å². The van der Waals surface area contributed by atoms with Gasteiger partial charge in [0.15, 0.2) is 0 Å². The molecular formula is C13H25N. The minimum atomic E-state index is 0.528. The van der Waals surface area contributed by atoms with Crippen molar-refractivity contribution in [2.24, 2.45) is 17.6 Å². The minimum absolute atomic E-state index is 0.528. The third kappa shape index (κ3) is 2.50. The van der Waals surface area contributed by atoms with Crippen LogP contribution in [-0.2, 0) is 0 Å². The molecule has 0 heterocycles. The van der Waals surface area contributed by atoms with E-state index in [9.17, 15) is 0 Å². The van der Waals surface area contributed by atoms with E-state index >= 15 is 0 Å². The van der Waals surface area contributed by atoms with Crippen molar-refractivity contribution in [2.45, 2.75) is 70.3 Å². The first-order valence-corrected chi connectivity index (χ1v) is 6.63. The van der Waals surface area contributed by atoms with Crippen LogP contribution in [0.5, 0.6) is 0 Å². The van der Waals surface area contributed by atoms with Crippen molar-refractivity contribution >= 4 is 0 Å². The second kappa shape index (κ2) is 5.16. The van der Waals surface area contributed by atoms with Gasteiger partial charge in [-0.15, -0.1) is 0 Å². The van der Waals surface area contributed by atoms with Crippen LogP contribution in [0.4, 0.5) is 0 Å². The summed E-state index contributed by atoms with van der Waals surface area (Å²) in [5.41, 5.74) is 6.31. The van der Waals surface area contributed by atoms with Crippen LogP contribution in [0.25, 0.3) is 0 Å². The van der Waals surface area contributed by atoms with Gasteiger partial charge in [0, 0.05) is 6.04 Å². The summed E-state index contributed by atoms with van der Waals surface area (Å²) in [5.74, 6) is 1.86. The number of hydrogen-bond acceptors (Lipinski definition) is 1. The lowest BCUT2D eigenvalue weighted by Gasteiger charge is -2.33. The molecule has 0 aliphatic heterocycles. The zero-order valence-electron chi connectivity index (χ0n) is 9.38. The minimum Gasteiger partial charge on any atom is -0.327 e. The Hall–Kier alpha value is -0.0400. The predicted octanol–water partition coefficient (Wildman–Crippen LogP) is 3.47. The molecule has 14 heavy (non-hydrogen) atoms. The highest BCUT2D eigenvalue weighted by Crippen LogP contribution is 2.36. The zero-order valence-corrected chi connectivity index (χ0v) is 9.38. The SMILES string of the molecule is NC1CCCCCC1C1CCCCC1. The summed E-state index contributed by atoms with van der Waals surface area (Å²) in [6.07, 6.45) is 14.3. The maximum Gasteiger partial charge on any atom is 0.00698 e. The molecule has 2 rings (SSSR count). The number of nitrogens with two attached hydrogens (primary N) is 1. The molecule has 2 saturated carbocycles. The number of hydrogen-bond donors (Lipinski definition) is 1. The van der Waals surface area contributed by atoms with Gasteiger partial charge in [-0.25, -0.2) is 0 Å². The van der Waals surface area contributed by atoms with E-state index in [0.29, 0.717) is 6.04 Å². The molecule has 2 atom stereocenters. The average Bonchev–Trinajstić information content (AvgIpc) is 2.44. The predicted molar refractivity (Wildman–Crippen MR) is 61.1 cm³/mol. The van der Waals surface area contributed by atoms with Crippen LogP contribution in [0.2, 0.25) is 0 Å². The van der Waals surface area contributed by atoms with Crippen LogP contribution in [0.15, 0.2) is 0 Å². The molecule has 0 radical (unpaired) electrons. The van der Waals surface area contributed by atoms with Gasteiger partial charge in [0.2, 0.25) is 0 Å². The quantitative estimate of drug-likeness (QED) is 0.637. The van der Waals surface area contributed by atoms with Gasteiger partial charge < -0.3 is 5.73 Å². The molecule has 2 fully saturated rings. The van der Waals surface area contributed by atoms with Gasteiger partial charge in [0.1, 0.15) is 0 Å². The van der Waals surface area contributed by atoms with Gasteiger partial charge in [0.25, 0.3) is 0 Å². The standard InChI is InChI=1S/C13H25N/c14-13-10-6-2-5-9-12(13)11-7-3-1-4-8-11/h11-13H,1-10,14H2. The second-order valence-corrected chi connectivity index (χ2v) is 5.36. The third-order valence-electron chi connectivity index (χ3n) is 4.38. The van der Waals surface area contributed by atoms with E-state index in [4.69, 9.17) is 5.73 Å². The van der Waals surface area contributed by atoms with Crippen molar-refractivity contribution in [3.05, 3.63) is 0 Å². The van der Waals surface area contributed by atoms with Crippen molar-refractivity contribution in [3.63, 3.8) is 0 Å². The van der Waals surface area contributed by atoms with Gasteiger partial charge in [-0.2, -0.15) is 0 Å². The van der Waals surface area contributed by atoms with E-state index < -0.39 is 0 Å². The van der Waals surface area contributed by atoms with Crippen molar-refractivity contribution in [1.82, 2.24) is 0 Å². The topological polar surface area (TPSA) is 26.0 Å². The molecular weight excluding hydrogens is 170 g/mol. The Kier molecular flexibility index (Phi) is 3.86. The fraction of sp³-hybridized carbons (Fsp3) is 1.00. The first-order chi connectivity index (χ1) is 6.88. The molecule has 0 aromatic heterocycles. The molecule has 0 saturated heterocycles. The molecule has 0 aromatic carbocycles. The molecule has 1 heteroatoms. The normalized spacial score (nSPS) is 36.6. The van der Waals surface area contributed by atoms with Crippen molar-refractivity contribution in [2.75, 3.05) is 0 Å². The van der Waals surface area contributed by atoms with Gasteiger partial charge in [-0.05, 0) is 24.7 Å². The highest BCUT2D eigenvalue weighted by Gasteiger charge is 2.29. The molecule has 0 bridgehead atoms. The Balaban J connectivity index is 1.91. The Morgan fingerprint density at radius 1 is 0.643 bits per heavy atom. The smallest absolute Gasteiger partial charge is 0.00698 e. The molecule has 2 aliphatic carbocycles. The van der Waals surface area contributed by atoms with Crippen molar-refractivity contribution < 1.29 is 0 Å². The maximum atomic E-state index is 6.31. The lowest BCUT2D eigenvalue weighted by atomic mass is 9.75. The summed E-state index contributed by atoms with van der Waals surface area (Å²) in [7, 11) is 0. The zero-order chi connectivity index (χ0) is 9.80. The summed E-state index contributed by atoms with van der Waals surface area (Å²) >= 11 is 0. The first-order valence-electron chi connectivity index (χ1n) is 6.63. The second-order valence-electron chi connectivity index (χ2n) is 5.36. The van der Waals surface area contributed by atoms with Gasteiger partial charge in [0.05, 0.1) is 0 Å². The largest absolute Gasteiger partial charge is 0.327 e. The van der Waals surface area contributed by atoms with E-state index in [-0.39, 0.29) is 0 Å². The van der Waals surface area contributed by atoms with Crippen molar-refractivity contribution in [3.8, 4) is 0 Å². The monoisotopic (exact) mass is 195 g/mol. The molecule has 0 aromatic rings. The van der Waals surface area contributed by atoms with Crippen LogP contribution in [0.3, 0.4) is 0 Å². The van der Waals surface area contributed by atoms with E-state index in [2.05, 4.69) is 0 Å². The molecule has 2 N–H and O–H groups in total. The highest BCUT2D eigenvalue weighted by molar-refractivity contribution is 4.83. The average molecular weight is 195 g/mol. The molecule has 1 nitrogen and oxygen atoms in total. The molecule has 82 valence electrons. The third-order valence-corrected chi connectivity index (χ3v) is 4.38. The highest BCUT2D eigenvalue weighted by atomic mass is 14.7. The number of rotatable bonds is 1. The molecule has 2 aliphatic rings. The van der Waals surface area contributed by atoms with Crippen LogP contribution >= 0.6 is 0 Å². The molecule has 0 amide bonds. The van der Waals surface area contributed by atoms with Crippen LogP contribution in [0.1, 0.15) is 64.2 Å². The summed E-state index contributed by atoms with van der Waals surface area (Å²) in [4.78, 5) is 0. The Morgan fingerprint density at radius 2 is 1.21 bits per heavy atom. The lowest BCUT2D eigenvalue weighted by molar-refractivity contribution is 0.205. The van der Waals surface area contributed by atoms with Crippen LogP contribution < -0.4 is 5.73 Å². The first kappa shape index (κ1) is 10.5. The molecule has 0 spiro atoms.